The van der Waals surface area contributed by atoms with E-state index in [1.165, 1.54) is 7.11 Å². The van der Waals surface area contributed by atoms with Crippen LogP contribution in [0.15, 0.2) is 0 Å². The average molecular weight is 253 g/mol. The zero-order chi connectivity index (χ0) is 12.3. The van der Waals surface area contributed by atoms with E-state index in [2.05, 4.69) is 0 Å². The largest absolute Gasteiger partial charge is 0.390 e. The lowest BCUT2D eigenvalue weighted by Gasteiger charge is -2.27. The summed E-state index contributed by atoms with van der Waals surface area (Å²) in [6.45, 7) is 0.477. The molecule has 1 fully saturated rings. The van der Waals surface area contributed by atoms with Crippen LogP contribution in [-0.4, -0.2) is 80.6 Å². The third-order valence-electron chi connectivity index (χ3n) is 2.72. The minimum atomic E-state index is -3.14. The van der Waals surface area contributed by atoms with Crippen LogP contribution in [0.25, 0.3) is 0 Å². The Kier molecular flexibility index (Phi) is 4.69. The molecule has 0 spiro atoms. The summed E-state index contributed by atoms with van der Waals surface area (Å²) in [4.78, 5) is 1.67. The van der Waals surface area contributed by atoms with Gasteiger partial charge in [0, 0.05) is 13.7 Å². The molecule has 1 saturated heterocycles. The topological polar surface area (TPSA) is 87.1 Å². The molecule has 1 aliphatic rings. The van der Waals surface area contributed by atoms with Gasteiger partial charge in [-0.2, -0.15) is 0 Å². The molecule has 0 radical (unpaired) electrons. The standard InChI is InChI=1S/C9H19NO5S/c1-10(3-7(11)4-15-2)8-5-16(13,14)6-9(8)12/h7-9,11-12H,3-6H2,1-2H3. The van der Waals surface area contributed by atoms with Gasteiger partial charge in [0.15, 0.2) is 9.84 Å². The first-order chi connectivity index (χ1) is 7.35. The number of hydrogen-bond donors (Lipinski definition) is 2. The molecule has 0 bridgehead atoms. The number of sulfone groups is 1. The molecule has 96 valence electrons. The number of aliphatic hydroxyl groups is 2. The molecule has 16 heavy (non-hydrogen) atoms. The van der Waals surface area contributed by atoms with Crippen molar-refractivity contribution in [2.75, 3.05) is 38.8 Å². The van der Waals surface area contributed by atoms with Gasteiger partial charge in [-0.05, 0) is 7.05 Å². The molecule has 3 atom stereocenters. The Bertz CT molecular complexity index is 318. The fourth-order valence-electron chi connectivity index (χ4n) is 1.94. The van der Waals surface area contributed by atoms with Crippen LogP contribution in [0.4, 0.5) is 0 Å². The van der Waals surface area contributed by atoms with Crippen molar-refractivity contribution in [3.05, 3.63) is 0 Å². The Hall–Kier alpha value is -0.210. The maximum absolute atomic E-state index is 11.3. The molecule has 0 aromatic heterocycles. The number of aliphatic hydroxyl groups excluding tert-OH is 2. The highest BCUT2D eigenvalue weighted by Crippen LogP contribution is 2.17. The van der Waals surface area contributed by atoms with Gasteiger partial charge in [0.25, 0.3) is 0 Å². The highest BCUT2D eigenvalue weighted by molar-refractivity contribution is 7.91. The third kappa shape index (κ3) is 3.67. The van der Waals surface area contributed by atoms with E-state index in [1.54, 1.807) is 11.9 Å². The Balaban J connectivity index is 2.52. The molecule has 0 aliphatic carbocycles. The Morgan fingerprint density at radius 3 is 2.56 bits per heavy atom. The summed E-state index contributed by atoms with van der Waals surface area (Å²) in [5, 5.41) is 19.1. The van der Waals surface area contributed by atoms with Gasteiger partial charge in [-0.25, -0.2) is 8.42 Å². The van der Waals surface area contributed by atoms with E-state index >= 15 is 0 Å². The van der Waals surface area contributed by atoms with Crippen molar-refractivity contribution in [3.8, 4) is 0 Å². The van der Waals surface area contributed by atoms with Gasteiger partial charge in [0.05, 0.1) is 36.4 Å². The van der Waals surface area contributed by atoms with E-state index in [4.69, 9.17) is 4.74 Å². The first-order valence-corrected chi connectivity index (χ1v) is 6.93. The van der Waals surface area contributed by atoms with Crippen molar-refractivity contribution in [3.63, 3.8) is 0 Å². The monoisotopic (exact) mass is 253 g/mol. The summed E-state index contributed by atoms with van der Waals surface area (Å²) < 4.78 is 27.4. The van der Waals surface area contributed by atoms with E-state index in [0.29, 0.717) is 0 Å². The molecule has 0 saturated carbocycles. The molecule has 0 aromatic carbocycles. The average Bonchev–Trinajstić information content (AvgIpc) is 2.40. The number of hydrogen-bond acceptors (Lipinski definition) is 6. The Morgan fingerprint density at radius 2 is 2.12 bits per heavy atom. The smallest absolute Gasteiger partial charge is 0.154 e. The normalized spacial score (nSPS) is 30.8. The summed E-state index contributed by atoms with van der Waals surface area (Å²) in [6, 6.07) is -0.434. The number of rotatable bonds is 5. The molecular formula is C9H19NO5S. The van der Waals surface area contributed by atoms with Gasteiger partial charge in [-0.1, -0.05) is 0 Å². The molecule has 7 heteroatoms. The van der Waals surface area contributed by atoms with Crippen molar-refractivity contribution in [2.45, 2.75) is 18.2 Å². The second kappa shape index (κ2) is 5.42. The van der Waals surface area contributed by atoms with Crippen LogP contribution in [-0.2, 0) is 14.6 Å². The lowest BCUT2D eigenvalue weighted by Crippen LogP contribution is -2.44. The molecule has 1 aliphatic heterocycles. The molecule has 2 N–H and O–H groups in total. The first kappa shape index (κ1) is 13.9. The predicted molar refractivity (Wildman–Crippen MR) is 59.0 cm³/mol. The quantitative estimate of drug-likeness (QED) is 0.594. The minimum absolute atomic E-state index is 0.0512. The van der Waals surface area contributed by atoms with Crippen LogP contribution in [0.1, 0.15) is 0 Å². The van der Waals surface area contributed by atoms with Crippen LogP contribution in [0.3, 0.4) is 0 Å². The van der Waals surface area contributed by atoms with Crippen molar-refractivity contribution >= 4 is 9.84 Å². The lowest BCUT2D eigenvalue weighted by molar-refractivity contribution is 0.0198. The number of methoxy groups -OCH3 is 1. The van der Waals surface area contributed by atoms with Crippen molar-refractivity contribution in [1.82, 2.24) is 4.90 Å². The third-order valence-corrected chi connectivity index (χ3v) is 4.42. The molecular weight excluding hydrogens is 234 g/mol. The summed E-state index contributed by atoms with van der Waals surface area (Å²) in [6.07, 6.45) is -1.55. The fourth-order valence-corrected chi connectivity index (χ4v) is 3.82. The molecule has 1 heterocycles. The molecule has 3 unspecified atom stereocenters. The lowest BCUT2D eigenvalue weighted by atomic mass is 10.2. The summed E-state index contributed by atoms with van der Waals surface area (Å²) in [5.74, 6) is -0.243. The number of likely N-dealkylation sites (N-methyl/N-ethyl adjacent to an activating group) is 1. The van der Waals surface area contributed by atoms with E-state index in [-0.39, 0.29) is 24.7 Å². The fraction of sp³-hybridized carbons (Fsp3) is 1.00. The van der Waals surface area contributed by atoms with Gasteiger partial charge in [-0.15, -0.1) is 0 Å². The van der Waals surface area contributed by atoms with Crippen LogP contribution >= 0.6 is 0 Å². The zero-order valence-electron chi connectivity index (χ0n) is 9.54. The van der Waals surface area contributed by atoms with E-state index in [9.17, 15) is 18.6 Å². The predicted octanol–water partition coefficient (Wildman–Crippen LogP) is -1.92. The number of ether oxygens (including phenoxy) is 1. The van der Waals surface area contributed by atoms with Gasteiger partial charge in [0.2, 0.25) is 0 Å². The van der Waals surface area contributed by atoms with E-state index < -0.39 is 28.1 Å². The van der Waals surface area contributed by atoms with E-state index in [1.807, 2.05) is 0 Å². The Morgan fingerprint density at radius 1 is 1.50 bits per heavy atom. The summed E-state index contributed by atoms with van der Waals surface area (Å²) in [7, 11) is 0.0300. The highest BCUT2D eigenvalue weighted by atomic mass is 32.2. The highest BCUT2D eigenvalue weighted by Gasteiger charge is 2.38. The van der Waals surface area contributed by atoms with Gasteiger partial charge >= 0.3 is 0 Å². The van der Waals surface area contributed by atoms with Gasteiger partial charge in [0.1, 0.15) is 0 Å². The summed E-state index contributed by atoms with van der Waals surface area (Å²) in [5.41, 5.74) is 0. The van der Waals surface area contributed by atoms with Crippen LogP contribution in [0, 0.1) is 0 Å². The second-order valence-electron chi connectivity index (χ2n) is 4.26. The van der Waals surface area contributed by atoms with Crippen molar-refractivity contribution in [1.29, 1.82) is 0 Å². The van der Waals surface area contributed by atoms with E-state index in [0.717, 1.165) is 0 Å². The van der Waals surface area contributed by atoms with Gasteiger partial charge < -0.3 is 14.9 Å². The second-order valence-corrected chi connectivity index (χ2v) is 6.41. The maximum Gasteiger partial charge on any atom is 0.154 e. The zero-order valence-corrected chi connectivity index (χ0v) is 10.4. The molecule has 6 nitrogen and oxygen atoms in total. The van der Waals surface area contributed by atoms with Crippen LogP contribution in [0.5, 0.6) is 0 Å². The molecule has 0 amide bonds. The van der Waals surface area contributed by atoms with Gasteiger partial charge in [-0.3, -0.25) is 4.90 Å². The minimum Gasteiger partial charge on any atom is -0.390 e. The molecule has 1 rings (SSSR count). The van der Waals surface area contributed by atoms with Crippen molar-refractivity contribution < 1.29 is 23.4 Å². The van der Waals surface area contributed by atoms with Crippen LogP contribution in [0.2, 0.25) is 0 Å². The first-order valence-electron chi connectivity index (χ1n) is 5.11. The molecule has 0 aromatic rings. The van der Waals surface area contributed by atoms with Crippen LogP contribution < -0.4 is 0 Å². The summed E-state index contributed by atoms with van der Waals surface area (Å²) >= 11 is 0. The van der Waals surface area contributed by atoms with Crippen molar-refractivity contribution in [2.24, 2.45) is 0 Å². The Labute approximate surface area is 95.7 Å². The number of nitrogens with zero attached hydrogens (tertiary/aromatic N) is 1. The SMILES string of the molecule is COCC(O)CN(C)C1CS(=O)(=O)CC1O. The maximum atomic E-state index is 11.3.